The molecule has 7 heteroatoms. The molecule has 4 rings (SSSR count). The van der Waals surface area contributed by atoms with Gasteiger partial charge in [-0.3, -0.25) is 4.79 Å². The summed E-state index contributed by atoms with van der Waals surface area (Å²) in [5, 5.41) is 0. The van der Waals surface area contributed by atoms with E-state index in [1.807, 2.05) is 0 Å². The number of hydrogen-bond donors (Lipinski definition) is 0. The Hall–Kier alpha value is -2.22. The van der Waals surface area contributed by atoms with Gasteiger partial charge in [-0.1, -0.05) is 42.8 Å². The second-order valence-corrected chi connectivity index (χ2v) is 11.1. The summed E-state index contributed by atoms with van der Waals surface area (Å²) in [5.41, 5.74) is 3.26. The van der Waals surface area contributed by atoms with Crippen LogP contribution in [0.1, 0.15) is 51.0 Å². The topological polar surface area (TPSA) is 66.9 Å². The first-order valence-corrected chi connectivity index (χ1v) is 13.9. The summed E-state index contributed by atoms with van der Waals surface area (Å²) >= 11 is 0. The van der Waals surface area contributed by atoms with Crippen LogP contribution in [-0.4, -0.2) is 63.0 Å². The minimum Gasteiger partial charge on any atom is -0.342 e. The van der Waals surface area contributed by atoms with Gasteiger partial charge in [-0.15, -0.1) is 0 Å². The van der Waals surface area contributed by atoms with Crippen molar-refractivity contribution in [2.24, 2.45) is 0 Å². The number of rotatable bonds is 9. The Labute approximate surface area is 204 Å². The second kappa shape index (κ2) is 11.5. The molecule has 1 atom stereocenters. The Morgan fingerprint density at radius 1 is 0.882 bits per heavy atom. The summed E-state index contributed by atoms with van der Waals surface area (Å²) in [7, 11) is -4.11. The molecule has 2 aromatic rings. The molecule has 0 spiro atoms. The Bertz CT molecular complexity index is 1050. The molecule has 0 bridgehead atoms. The maximum absolute atomic E-state index is 12.5. The highest BCUT2D eigenvalue weighted by Crippen LogP contribution is 2.24. The largest absolute Gasteiger partial charge is 0.342 e. The van der Waals surface area contributed by atoms with Crippen molar-refractivity contribution in [3.8, 4) is 11.1 Å². The molecule has 184 valence electrons. The Morgan fingerprint density at radius 3 is 2.15 bits per heavy atom. The molecule has 0 aromatic heterocycles. The van der Waals surface area contributed by atoms with Crippen LogP contribution < -0.4 is 0 Å². The first kappa shape index (κ1) is 24.9. The molecule has 2 heterocycles. The predicted molar refractivity (Wildman–Crippen MR) is 134 cm³/mol. The lowest BCUT2D eigenvalue weighted by atomic mass is 10.0. The number of carbonyl (C=O) groups excluding carboxylic acids is 1. The average molecular weight is 485 g/mol. The van der Waals surface area contributed by atoms with Crippen LogP contribution >= 0.6 is 0 Å². The number of likely N-dealkylation sites (tertiary alicyclic amines) is 2. The van der Waals surface area contributed by atoms with Crippen LogP contribution in [0.5, 0.6) is 0 Å². The van der Waals surface area contributed by atoms with Crippen molar-refractivity contribution < 1.29 is 17.4 Å². The van der Waals surface area contributed by atoms with Gasteiger partial charge in [-0.2, -0.15) is 8.42 Å². The summed E-state index contributed by atoms with van der Waals surface area (Å²) in [6.07, 6.45) is 7.17. The number of benzene rings is 2. The van der Waals surface area contributed by atoms with E-state index in [-0.39, 0.29) is 11.3 Å². The number of carbonyl (C=O) groups is 1. The fourth-order valence-electron chi connectivity index (χ4n) is 4.92. The Morgan fingerprint density at radius 2 is 1.53 bits per heavy atom. The molecule has 2 fully saturated rings. The first-order valence-electron chi connectivity index (χ1n) is 12.5. The van der Waals surface area contributed by atoms with E-state index in [4.69, 9.17) is 4.18 Å². The van der Waals surface area contributed by atoms with Gasteiger partial charge in [0.25, 0.3) is 0 Å². The number of piperidine rings is 1. The summed E-state index contributed by atoms with van der Waals surface area (Å²) < 4.78 is 29.9. The molecule has 2 aliphatic heterocycles. The summed E-state index contributed by atoms with van der Waals surface area (Å²) in [5.74, 6) is -0.700. The van der Waals surface area contributed by atoms with E-state index in [1.165, 1.54) is 43.5 Å². The third-order valence-corrected chi connectivity index (χ3v) is 8.35. The highest BCUT2D eigenvalue weighted by atomic mass is 32.2. The van der Waals surface area contributed by atoms with Gasteiger partial charge in [-0.05, 0) is 87.5 Å². The van der Waals surface area contributed by atoms with Gasteiger partial charge < -0.3 is 14.0 Å². The molecule has 2 saturated heterocycles. The van der Waals surface area contributed by atoms with Crippen LogP contribution in [0.4, 0.5) is 0 Å². The second-order valence-electron chi connectivity index (χ2n) is 9.56. The molecule has 0 amide bonds. The van der Waals surface area contributed by atoms with Crippen LogP contribution in [0, 0.1) is 0 Å². The molecule has 0 N–H and O–H groups in total. The van der Waals surface area contributed by atoms with Crippen molar-refractivity contribution in [2.45, 2.75) is 62.8 Å². The van der Waals surface area contributed by atoms with Gasteiger partial charge in [-0.25, -0.2) is 0 Å². The van der Waals surface area contributed by atoms with Gasteiger partial charge in [0.05, 0.1) is 6.42 Å². The summed E-state index contributed by atoms with van der Waals surface area (Å²) in [4.78, 5) is 16.9. The van der Waals surface area contributed by atoms with E-state index in [9.17, 15) is 13.2 Å². The SMILES string of the molecule is CC1CCCN1CCc1ccc(-c2ccc(S(=O)(=O)OC(=O)CCN3CCCCC3)cc2)cc1. The monoisotopic (exact) mass is 484 g/mol. The van der Waals surface area contributed by atoms with Gasteiger partial charge in [0.15, 0.2) is 0 Å². The zero-order chi connectivity index (χ0) is 24.0. The molecule has 2 aromatic carbocycles. The average Bonchev–Trinajstić information content (AvgIpc) is 3.27. The molecule has 1 unspecified atom stereocenters. The van der Waals surface area contributed by atoms with Crippen LogP contribution in [-0.2, 0) is 25.5 Å². The number of hydrogen-bond acceptors (Lipinski definition) is 6. The standard InChI is InChI=1S/C27H36N2O4S/c1-22-6-5-19-29(22)21-15-23-7-9-24(10-8-23)25-11-13-26(14-12-25)34(31,32)33-27(30)16-20-28-17-3-2-4-18-28/h7-14,22H,2-6,15-21H2,1H3. The molecular weight excluding hydrogens is 448 g/mol. The summed E-state index contributed by atoms with van der Waals surface area (Å²) in [6, 6.07) is 15.7. The van der Waals surface area contributed by atoms with Crippen molar-refractivity contribution in [3.63, 3.8) is 0 Å². The molecule has 6 nitrogen and oxygen atoms in total. The van der Waals surface area contributed by atoms with Crippen molar-refractivity contribution >= 4 is 16.1 Å². The molecule has 34 heavy (non-hydrogen) atoms. The molecule has 0 saturated carbocycles. The van der Waals surface area contributed by atoms with E-state index in [1.54, 1.807) is 12.1 Å². The minimum absolute atomic E-state index is 0.000995. The third kappa shape index (κ3) is 6.68. The molecule has 0 aliphatic carbocycles. The van der Waals surface area contributed by atoms with Crippen molar-refractivity contribution in [2.75, 3.05) is 32.7 Å². The lowest BCUT2D eigenvalue weighted by Gasteiger charge is -2.25. The zero-order valence-electron chi connectivity index (χ0n) is 20.1. The van der Waals surface area contributed by atoms with E-state index in [0.717, 1.165) is 50.0 Å². The molecule has 2 aliphatic rings. The Kier molecular flexibility index (Phi) is 8.40. The van der Waals surface area contributed by atoms with Gasteiger partial charge in [0, 0.05) is 19.1 Å². The zero-order valence-corrected chi connectivity index (χ0v) is 20.9. The number of nitrogens with zero attached hydrogens (tertiary/aromatic N) is 2. The van der Waals surface area contributed by atoms with Crippen LogP contribution in [0.15, 0.2) is 53.4 Å². The maximum atomic E-state index is 12.5. The highest BCUT2D eigenvalue weighted by molar-refractivity contribution is 7.87. The molecular formula is C27H36N2O4S. The van der Waals surface area contributed by atoms with E-state index in [2.05, 4.69) is 41.0 Å². The normalized spacial score (nSPS) is 19.9. The van der Waals surface area contributed by atoms with E-state index >= 15 is 0 Å². The minimum atomic E-state index is -4.11. The van der Waals surface area contributed by atoms with E-state index < -0.39 is 16.1 Å². The fourth-order valence-corrected chi connectivity index (χ4v) is 5.81. The molecule has 0 radical (unpaired) electrons. The Balaban J connectivity index is 1.30. The predicted octanol–water partition coefficient (Wildman–Crippen LogP) is 4.49. The van der Waals surface area contributed by atoms with Gasteiger partial charge in [0.1, 0.15) is 4.90 Å². The highest BCUT2D eigenvalue weighted by Gasteiger charge is 2.22. The third-order valence-electron chi connectivity index (χ3n) is 7.09. The lowest BCUT2D eigenvalue weighted by molar-refractivity contribution is -0.134. The van der Waals surface area contributed by atoms with Crippen molar-refractivity contribution in [1.82, 2.24) is 9.80 Å². The van der Waals surface area contributed by atoms with Gasteiger partial charge >= 0.3 is 16.1 Å². The van der Waals surface area contributed by atoms with Crippen molar-refractivity contribution in [3.05, 3.63) is 54.1 Å². The maximum Gasteiger partial charge on any atom is 0.341 e. The van der Waals surface area contributed by atoms with Crippen LogP contribution in [0.2, 0.25) is 0 Å². The van der Waals surface area contributed by atoms with Crippen LogP contribution in [0.25, 0.3) is 11.1 Å². The van der Waals surface area contributed by atoms with Crippen LogP contribution in [0.3, 0.4) is 0 Å². The van der Waals surface area contributed by atoms with Gasteiger partial charge in [0.2, 0.25) is 0 Å². The summed E-state index contributed by atoms with van der Waals surface area (Å²) in [6.45, 7) is 7.04. The smallest absolute Gasteiger partial charge is 0.341 e. The first-order chi connectivity index (χ1) is 16.4. The lowest BCUT2D eigenvalue weighted by Crippen LogP contribution is -2.32. The van der Waals surface area contributed by atoms with Crippen molar-refractivity contribution in [1.29, 1.82) is 0 Å². The quantitative estimate of drug-likeness (QED) is 0.489. The van der Waals surface area contributed by atoms with E-state index in [0.29, 0.717) is 12.6 Å². The fraction of sp³-hybridized carbons (Fsp3) is 0.519.